The van der Waals surface area contributed by atoms with E-state index in [-0.39, 0.29) is 0 Å². The number of aromatic nitrogens is 7. The minimum atomic E-state index is 1.04. The van der Waals surface area contributed by atoms with Crippen LogP contribution in [0.2, 0.25) is 0 Å². The molecule has 0 aliphatic carbocycles. The van der Waals surface area contributed by atoms with E-state index in [0.717, 1.165) is 11.4 Å². The number of hydrogen-bond acceptors (Lipinski definition) is 7. The Balaban J connectivity index is 0.000000137. The first-order chi connectivity index (χ1) is 44.6. The molecule has 0 N–H and O–H groups in total. The lowest BCUT2D eigenvalue weighted by Gasteiger charge is -2.03. The summed E-state index contributed by atoms with van der Waals surface area (Å²) >= 11 is 0. The quantitative estimate of drug-likeness (QED) is 0.157. The van der Waals surface area contributed by atoms with Gasteiger partial charge in [-0.25, -0.2) is 0 Å². The Morgan fingerprint density at radius 3 is 0.989 bits per heavy atom. The molecular formula is C84H77N7. The third kappa shape index (κ3) is 22.1. The van der Waals surface area contributed by atoms with Crippen LogP contribution < -0.4 is 0 Å². The van der Waals surface area contributed by atoms with Crippen molar-refractivity contribution in [2.24, 2.45) is 0 Å². The minimum Gasteiger partial charge on any atom is -0.265 e. The summed E-state index contributed by atoms with van der Waals surface area (Å²) in [6.07, 6.45) is 21.9. The lowest BCUT2D eigenvalue weighted by Crippen LogP contribution is -1.84. The van der Waals surface area contributed by atoms with Crippen molar-refractivity contribution < 1.29 is 0 Å². The zero-order valence-electron chi connectivity index (χ0n) is 53.0. The van der Waals surface area contributed by atoms with Gasteiger partial charge in [0.2, 0.25) is 0 Å². The van der Waals surface area contributed by atoms with Crippen LogP contribution in [-0.4, -0.2) is 34.9 Å². The molecule has 14 rings (SSSR count). The molecule has 448 valence electrons. The maximum atomic E-state index is 4.44. The van der Waals surface area contributed by atoms with Gasteiger partial charge in [-0.1, -0.05) is 222 Å². The molecular weight excluding hydrogens is 1110 g/mol. The summed E-state index contributed by atoms with van der Waals surface area (Å²) in [5.74, 6) is 0. The Hall–Kier alpha value is -11.4. The van der Waals surface area contributed by atoms with Gasteiger partial charge in [-0.3, -0.25) is 34.9 Å². The molecule has 0 unspecified atom stereocenters. The van der Waals surface area contributed by atoms with E-state index in [9.17, 15) is 0 Å². The number of pyridine rings is 7. The van der Waals surface area contributed by atoms with Crippen molar-refractivity contribution in [3.63, 3.8) is 0 Å². The highest BCUT2D eigenvalue weighted by atomic mass is 14.7. The molecule has 7 nitrogen and oxygen atoms in total. The normalized spacial score (nSPS) is 9.92. The fraction of sp³-hybridized carbons (Fsp3) is 0.0833. The summed E-state index contributed by atoms with van der Waals surface area (Å²) in [5, 5.41) is 0. The topological polar surface area (TPSA) is 90.2 Å². The van der Waals surface area contributed by atoms with Crippen LogP contribution in [0.3, 0.4) is 0 Å². The second-order valence-electron chi connectivity index (χ2n) is 21.6. The van der Waals surface area contributed by atoms with Crippen LogP contribution in [0.4, 0.5) is 0 Å². The average molecular weight is 1180 g/mol. The van der Waals surface area contributed by atoms with Gasteiger partial charge in [-0.2, -0.15) is 0 Å². The third-order valence-corrected chi connectivity index (χ3v) is 14.4. The van der Waals surface area contributed by atoms with Gasteiger partial charge in [-0.05, 0) is 188 Å². The Bertz CT molecular complexity index is 3950. The number of hydrogen-bond donors (Lipinski definition) is 0. The molecule has 91 heavy (non-hydrogen) atoms. The van der Waals surface area contributed by atoms with Crippen LogP contribution in [0, 0.1) is 48.5 Å². The molecule has 14 aromatic rings. The van der Waals surface area contributed by atoms with Gasteiger partial charge in [0.1, 0.15) is 0 Å². The van der Waals surface area contributed by atoms with E-state index < -0.39 is 0 Å². The van der Waals surface area contributed by atoms with E-state index >= 15 is 0 Å². The fourth-order valence-corrected chi connectivity index (χ4v) is 9.46. The van der Waals surface area contributed by atoms with Gasteiger partial charge >= 0.3 is 0 Å². The summed E-state index contributed by atoms with van der Waals surface area (Å²) in [4.78, 5) is 28.7. The molecule has 0 atom stereocenters. The van der Waals surface area contributed by atoms with Crippen LogP contribution in [0.1, 0.15) is 39.1 Å². The van der Waals surface area contributed by atoms with E-state index in [2.05, 4.69) is 252 Å². The SMILES string of the molecule is Cc1ccc(-c2cccnc2)cc1.Cc1ccc(-c2ccncc2)cc1.Cc1cccc(-c2ccccc2)n1.Cc1cccc(-c2cccnc2)c1.Cc1cccc(-c2ccncc2)c1.Cc1ccccc1-c1cccnc1.Cc1ccccc1-c1ccncc1. The highest BCUT2D eigenvalue weighted by molar-refractivity contribution is 5.69. The Labute approximate surface area is 538 Å². The first-order valence-corrected chi connectivity index (χ1v) is 30.4. The predicted octanol–water partition coefficient (Wildman–Crippen LogP) is 21.4. The number of rotatable bonds is 7. The largest absolute Gasteiger partial charge is 0.265 e. The summed E-state index contributed by atoms with van der Waals surface area (Å²) in [5.41, 5.74) is 25.7. The Morgan fingerprint density at radius 2 is 0.549 bits per heavy atom. The van der Waals surface area contributed by atoms with E-state index in [0.29, 0.717) is 0 Å². The third-order valence-electron chi connectivity index (χ3n) is 14.4. The summed E-state index contributed by atoms with van der Waals surface area (Å²) in [6, 6.07) is 91.1. The van der Waals surface area contributed by atoms with Crippen molar-refractivity contribution in [3.05, 3.63) is 380 Å². The van der Waals surface area contributed by atoms with E-state index in [4.69, 9.17) is 0 Å². The monoisotopic (exact) mass is 1180 g/mol. The van der Waals surface area contributed by atoms with Crippen LogP contribution >= 0.6 is 0 Å². The first kappa shape index (κ1) is 65.6. The van der Waals surface area contributed by atoms with Crippen molar-refractivity contribution in [3.8, 4) is 78.0 Å². The molecule has 0 amide bonds. The minimum absolute atomic E-state index is 1.04. The number of aryl methyl sites for hydroxylation is 7. The van der Waals surface area contributed by atoms with Crippen molar-refractivity contribution in [1.29, 1.82) is 0 Å². The number of nitrogens with zero attached hydrogens (tertiary/aromatic N) is 7. The van der Waals surface area contributed by atoms with Gasteiger partial charge in [-0.15, -0.1) is 0 Å². The van der Waals surface area contributed by atoms with Crippen molar-refractivity contribution in [2.45, 2.75) is 48.5 Å². The summed E-state index contributed by atoms with van der Waals surface area (Å²) in [7, 11) is 0. The van der Waals surface area contributed by atoms with Gasteiger partial charge in [0, 0.05) is 91.2 Å². The van der Waals surface area contributed by atoms with Crippen molar-refractivity contribution >= 4 is 0 Å². The van der Waals surface area contributed by atoms with Crippen molar-refractivity contribution in [1.82, 2.24) is 34.9 Å². The van der Waals surface area contributed by atoms with Crippen LogP contribution in [0.15, 0.2) is 341 Å². The molecule has 0 aliphatic heterocycles. The smallest absolute Gasteiger partial charge is 0.0705 e. The molecule has 0 spiro atoms. The Morgan fingerprint density at radius 1 is 0.198 bits per heavy atom. The number of benzene rings is 7. The molecule has 0 saturated carbocycles. The molecule has 0 radical (unpaired) electrons. The molecule has 0 bridgehead atoms. The van der Waals surface area contributed by atoms with E-state index in [1.807, 2.05) is 154 Å². The average Bonchev–Trinajstić information content (AvgIpc) is 3.81. The fourth-order valence-electron chi connectivity index (χ4n) is 9.46. The standard InChI is InChI=1S/7C12H11N/c1-10-2-4-11(5-3-10)12-6-8-13-9-7-12;1-10-4-2-5-11(8-10)12-6-3-7-13-9-12;1-10-4-6-11(7-5-10)12-3-2-8-13-9-12;1-10-5-2-3-7-12(10)11-6-4-8-13-9-11;1-10-3-2-4-12(9-10)11-5-7-13-8-6-11;1-10-6-5-9-12(13-10)11-7-3-2-4-8-11;1-10-4-2-3-5-12(10)11-6-8-13-9-7-11/h7*2-9H,1H3. The molecule has 7 heterocycles. The summed E-state index contributed by atoms with van der Waals surface area (Å²) < 4.78 is 0. The van der Waals surface area contributed by atoms with Crippen LogP contribution in [0.5, 0.6) is 0 Å². The molecule has 7 aromatic heterocycles. The predicted molar refractivity (Wildman–Crippen MR) is 381 cm³/mol. The van der Waals surface area contributed by atoms with Crippen LogP contribution in [-0.2, 0) is 0 Å². The van der Waals surface area contributed by atoms with Gasteiger partial charge in [0.05, 0.1) is 5.69 Å². The van der Waals surface area contributed by atoms with Crippen molar-refractivity contribution in [2.75, 3.05) is 0 Å². The summed E-state index contributed by atoms with van der Waals surface area (Å²) in [6.45, 7) is 14.6. The lowest BCUT2D eigenvalue weighted by atomic mass is 10.0. The maximum Gasteiger partial charge on any atom is 0.0705 e. The van der Waals surface area contributed by atoms with E-state index in [1.165, 1.54) is 106 Å². The highest BCUT2D eigenvalue weighted by Gasteiger charge is 2.02. The maximum absolute atomic E-state index is 4.44. The molecule has 0 aliphatic rings. The van der Waals surface area contributed by atoms with Gasteiger partial charge in [0.25, 0.3) is 0 Å². The zero-order chi connectivity index (χ0) is 63.7. The molecule has 0 fully saturated rings. The van der Waals surface area contributed by atoms with Crippen LogP contribution in [0.25, 0.3) is 78.0 Å². The first-order valence-electron chi connectivity index (χ1n) is 30.4. The lowest BCUT2D eigenvalue weighted by molar-refractivity contribution is 1.21. The second-order valence-corrected chi connectivity index (χ2v) is 21.6. The zero-order valence-corrected chi connectivity index (χ0v) is 53.0. The van der Waals surface area contributed by atoms with Gasteiger partial charge in [0.15, 0.2) is 0 Å². The van der Waals surface area contributed by atoms with Gasteiger partial charge < -0.3 is 0 Å². The second kappa shape index (κ2) is 36.0. The molecule has 0 saturated heterocycles. The molecule has 7 aromatic carbocycles. The van der Waals surface area contributed by atoms with E-state index in [1.54, 1.807) is 18.6 Å². The highest BCUT2D eigenvalue weighted by Crippen LogP contribution is 2.25. The molecule has 7 heteroatoms. The Kier molecular flexibility index (Phi) is 26.0.